The Hall–Kier alpha value is -1.34. The first-order valence-corrected chi connectivity index (χ1v) is 7.05. The van der Waals surface area contributed by atoms with Gasteiger partial charge in [-0.1, -0.05) is 40.6 Å². The van der Waals surface area contributed by atoms with Crippen molar-refractivity contribution >= 4 is 40.2 Å². The first kappa shape index (κ1) is 15.1. The molecule has 0 fully saturated rings. The zero-order valence-corrected chi connectivity index (χ0v) is 12.5. The number of halogens is 2. The van der Waals surface area contributed by atoms with Gasteiger partial charge >= 0.3 is 5.69 Å². The lowest BCUT2D eigenvalue weighted by atomic mass is 10.3. The van der Waals surface area contributed by atoms with Gasteiger partial charge in [0.1, 0.15) is 10.8 Å². The molecule has 8 heteroatoms. The summed E-state index contributed by atoms with van der Waals surface area (Å²) in [6.07, 6.45) is -0.814. The lowest BCUT2D eigenvalue weighted by Gasteiger charge is -2.05. The maximum Gasteiger partial charge on any atom is 0.323 e. The summed E-state index contributed by atoms with van der Waals surface area (Å²) in [5.74, 6) is 0.223. The van der Waals surface area contributed by atoms with Gasteiger partial charge in [-0.15, -0.1) is 0 Å². The van der Waals surface area contributed by atoms with E-state index in [0.717, 1.165) is 11.3 Å². The minimum Gasteiger partial charge on any atom is -0.438 e. The predicted molar refractivity (Wildman–Crippen MR) is 78.1 cm³/mol. The van der Waals surface area contributed by atoms with E-state index >= 15 is 0 Å². The molecule has 2 aromatic rings. The van der Waals surface area contributed by atoms with Gasteiger partial charge in [-0.25, -0.2) is 0 Å². The van der Waals surface area contributed by atoms with Crippen molar-refractivity contribution in [3.8, 4) is 10.8 Å². The Bertz CT molecular complexity index is 657. The quantitative estimate of drug-likeness (QED) is 0.643. The van der Waals surface area contributed by atoms with Crippen LogP contribution in [-0.4, -0.2) is 10.0 Å². The molecule has 0 radical (unpaired) electrons. The summed E-state index contributed by atoms with van der Waals surface area (Å²) in [6.45, 7) is 1.52. The van der Waals surface area contributed by atoms with Crippen molar-refractivity contribution in [2.24, 2.45) is 0 Å². The summed E-state index contributed by atoms with van der Waals surface area (Å²) in [5.41, 5.74) is -0.220. The van der Waals surface area contributed by atoms with Crippen molar-refractivity contribution in [2.75, 3.05) is 0 Å². The van der Waals surface area contributed by atoms with E-state index < -0.39 is 11.0 Å². The van der Waals surface area contributed by atoms with Crippen molar-refractivity contribution in [1.29, 1.82) is 0 Å². The van der Waals surface area contributed by atoms with Crippen molar-refractivity contribution in [3.63, 3.8) is 0 Å². The van der Waals surface area contributed by atoms with E-state index in [1.807, 2.05) is 0 Å². The average molecular weight is 334 g/mol. The van der Waals surface area contributed by atoms with Crippen molar-refractivity contribution in [1.82, 2.24) is 0 Å². The number of nitro groups is 1. The molecule has 0 aliphatic rings. The largest absolute Gasteiger partial charge is 0.438 e. The fraction of sp³-hybridized carbons (Fsp3) is 0.167. The van der Waals surface area contributed by atoms with Gasteiger partial charge in [0.15, 0.2) is 0 Å². The maximum absolute atomic E-state index is 11.0. The molecule has 1 heterocycles. The Kier molecular flexibility index (Phi) is 4.49. The first-order chi connectivity index (χ1) is 9.40. The van der Waals surface area contributed by atoms with Crippen LogP contribution in [0.25, 0.3) is 0 Å². The molecular weight excluding hydrogens is 325 g/mol. The second-order valence-corrected chi connectivity index (χ2v) is 5.74. The molecule has 0 aliphatic carbocycles. The number of nitrogens with zero attached hydrogens (tertiary/aromatic N) is 1. The van der Waals surface area contributed by atoms with Crippen LogP contribution in [-0.2, 0) is 0 Å². The number of thiophene rings is 1. The summed E-state index contributed by atoms with van der Waals surface area (Å²) in [6, 6.07) is 6.04. The highest BCUT2D eigenvalue weighted by Crippen LogP contribution is 2.44. The minimum atomic E-state index is -0.814. The fourth-order valence-electron chi connectivity index (χ4n) is 1.45. The van der Waals surface area contributed by atoms with Gasteiger partial charge in [-0.05, 0) is 19.1 Å². The smallest absolute Gasteiger partial charge is 0.323 e. The monoisotopic (exact) mass is 333 g/mol. The van der Waals surface area contributed by atoms with Crippen LogP contribution in [0, 0.1) is 10.1 Å². The highest BCUT2D eigenvalue weighted by atomic mass is 35.5. The first-order valence-electron chi connectivity index (χ1n) is 5.48. The molecule has 106 valence electrons. The summed E-state index contributed by atoms with van der Waals surface area (Å²) >= 11 is 12.8. The highest BCUT2D eigenvalue weighted by Gasteiger charge is 2.23. The van der Waals surface area contributed by atoms with E-state index in [1.54, 1.807) is 18.2 Å². The third kappa shape index (κ3) is 3.04. The molecule has 0 saturated heterocycles. The Balaban J connectivity index is 2.42. The van der Waals surface area contributed by atoms with Gasteiger partial charge in [-0.3, -0.25) is 10.1 Å². The number of benzene rings is 1. The Morgan fingerprint density at radius 3 is 2.75 bits per heavy atom. The van der Waals surface area contributed by atoms with E-state index in [2.05, 4.69) is 0 Å². The summed E-state index contributed by atoms with van der Waals surface area (Å²) in [4.78, 5) is 10.9. The van der Waals surface area contributed by atoms with Crippen LogP contribution in [0.2, 0.25) is 10.0 Å². The number of aliphatic hydroxyl groups excluding tert-OH is 1. The molecular formula is C12H9Cl2NO4S. The fourth-order valence-corrected chi connectivity index (χ4v) is 2.71. The van der Waals surface area contributed by atoms with Crippen LogP contribution >= 0.6 is 34.5 Å². The van der Waals surface area contributed by atoms with Crippen LogP contribution in [0.4, 0.5) is 5.69 Å². The lowest BCUT2D eigenvalue weighted by Crippen LogP contribution is -1.90. The van der Waals surface area contributed by atoms with Crippen LogP contribution in [0.1, 0.15) is 17.9 Å². The Morgan fingerprint density at radius 2 is 2.15 bits per heavy atom. The number of hydrogen-bond donors (Lipinski definition) is 1. The molecule has 2 rings (SSSR count). The van der Waals surface area contributed by atoms with Crippen LogP contribution in [0.15, 0.2) is 24.3 Å². The van der Waals surface area contributed by atoms with Crippen LogP contribution in [0.3, 0.4) is 0 Å². The molecule has 1 N–H and O–H groups in total. The number of ether oxygens (including phenoxy) is 1. The molecule has 1 atom stereocenters. The summed E-state index contributed by atoms with van der Waals surface area (Å²) in [7, 11) is 0. The van der Waals surface area contributed by atoms with E-state index in [-0.39, 0.29) is 21.5 Å². The zero-order chi connectivity index (χ0) is 14.9. The lowest BCUT2D eigenvalue weighted by molar-refractivity contribution is -0.385. The topological polar surface area (TPSA) is 72.6 Å². The highest BCUT2D eigenvalue weighted by molar-refractivity contribution is 7.14. The van der Waals surface area contributed by atoms with Gasteiger partial charge < -0.3 is 9.84 Å². The predicted octanol–water partition coefficient (Wildman–Crippen LogP) is 4.81. The molecule has 20 heavy (non-hydrogen) atoms. The molecule has 0 spiro atoms. The van der Waals surface area contributed by atoms with Crippen molar-refractivity contribution < 1.29 is 14.8 Å². The zero-order valence-electron chi connectivity index (χ0n) is 10.2. The van der Waals surface area contributed by atoms with Crippen molar-refractivity contribution in [3.05, 3.63) is 49.3 Å². The molecule has 5 nitrogen and oxygen atoms in total. The van der Waals surface area contributed by atoms with E-state index in [0.29, 0.717) is 9.90 Å². The second-order valence-electron chi connectivity index (χ2n) is 3.91. The number of aliphatic hydroxyl groups is 1. The molecule has 1 aromatic heterocycles. The van der Waals surface area contributed by atoms with Crippen LogP contribution in [0.5, 0.6) is 10.8 Å². The standard InChI is InChI=1S/C12H9Cl2NO4S/c1-6(16)10-5-8(15(17)18)12(20-10)19-9-4-2-3-7(13)11(9)14/h2-6,16H,1H3. The molecule has 1 aromatic carbocycles. The summed E-state index contributed by atoms with van der Waals surface area (Å²) in [5, 5.41) is 21.0. The number of rotatable bonds is 4. The minimum absolute atomic E-state index is 0.0510. The van der Waals surface area contributed by atoms with E-state index in [1.165, 1.54) is 13.0 Å². The molecule has 0 aliphatic heterocycles. The van der Waals surface area contributed by atoms with Gasteiger partial charge in [0.2, 0.25) is 0 Å². The maximum atomic E-state index is 11.0. The SMILES string of the molecule is CC(O)c1cc([N+](=O)[O-])c(Oc2cccc(Cl)c2Cl)s1. The van der Waals surface area contributed by atoms with E-state index in [4.69, 9.17) is 27.9 Å². The Morgan fingerprint density at radius 1 is 1.45 bits per heavy atom. The Labute approximate surface area is 128 Å². The van der Waals surface area contributed by atoms with Gasteiger partial charge in [0.25, 0.3) is 5.06 Å². The summed E-state index contributed by atoms with van der Waals surface area (Å²) < 4.78 is 5.46. The van der Waals surface area contributed by atoms with E-state index in [9.17, 15) is 15.2 Å². The third-order valence-electron chi connectivity index (χ3n) is 2.43. The molecule has 0 bridgehead atoms. The molecule has 0 saturated carbocycles. The van der Waals surface area contributed by atoms with Gasteiger partial charge in [0, 0.05) is 10.9 Å². The van der Waals surface area contributed by atoms with Crippen LogP contribution < -0.4 is 4.74 Å². The van der Waals surface area contributed by atoms with Crippen molar-refractivity contribution in [2.45, 2.75) is 13.0 Å². The third-order valence-corrected chi connectivity index (χ3v) is 4.40. The van der Waals surface area contributed by atoms with Gasteiger partial charge in [0.05, 0.1) is 16.0 Å². The second kappa shape index (κ2) is 5.97. The number of hydrogen-bond acceptors (Lipinski definition) is 5. The molecule has 0 amide bonds. The average Bonchev–Trinajstić information content (AvgIpc) is 2.79. The molecule has 1 unspecified atom stereocenters. The normalized spacial score (nSPS) is 12.2. The van der Waals surface area contributed by atoms with Gasteiger partial charge in [-0.2, -0.15) is 0 Å².